The molecule has 0 aliphatic carbocycles. The van der Waals surface area contributed by atoms with Crippen LogP contribution in [0.1, 0.15) is 31.1 Å². The van der Waals surface area contributed by atoms with Crippen molar-refractivity contribution in [1.82, 2.24) is 5.32 Å². The summed E-state index contributed by atoms with van der Waals surface area (Å²) in [6.07, 6.45) is -0.560. The van der Waals surface area contributed by atoms with E-state index in [1.165, 1.54) is 0 Å². The summed E-state index contributed by atoms with van der Waals surface area (Å²) in [6, 6.07) is 15.2. The van der Waals surface area contributed by atoms with Crippen LogP contribution in [0.25, 0.3) is 0 Å². The SMILES string of the molecule is COc1cc([C@H]2NC(=O)C(C#N)=C(S)N2c2ccc(C)cc2)ccc1OC(C)C. The lowest BCUT2D eigenvalue weighted by Crippen LogP contribution is -2.46. The number of thiol groups is 1. The fourth-order valence-electron chi connectivity index (χ4n) is 3.12. The Bertz CT molecular complexity index is 993. The lowest BCUT2D eigenvalue weighted by Gasteiger charge is -2.38. The number of methoxy groups -OCH3 is 1. The van der Waals surface area contributed by atoms with Crippen molar-refractivity contribution in [1.29, 1.82) is 5.26 Å². The highest BCUT2D eigenvalue weighted by atomic mass is 32.1. The quantitative estimate of drug-likeness (QED) is 0.728. The summed E-state index contributed by atoms with van der Waals surface area (Å²) in [5.74, 6) is 0.715. The third-order valence-corrected chi connectivity index (χ3v) is 4.93. The van der Waals surface area contributed by atoms with E-state index < -0.39 is 12.1 Å². The predicted molar refractivity (Wildman–Crippen MR) is 115 cm³/mol. The molecule has 0 saturated heterocycles. The third-order valence-electron chi connectivity index (χ3n) is 4.49. The van der Waals surface area contributed by atoms with Gasteiger partial charge in [-0.1, -0.05) is 23.8 Å². The molecule has 0 aromatic heterocycles. The fraction of sp³-hybridized carbons (Fsp3) is 0.273. The van der Waals surface area contributed by atoms with E-state index in [2.05, 4.69) is 17.9 Å². The van der Waals surface area contributed by atoms with E-state index in [-0.39, 0.29) is 11.7 Å². The number of aryl methyl sites for hydroxylation is 1. The zero-order valence-corrected chi connectivity index (χ0v) is 17.7. The van der Waals surface area contributed by atoms with Crippen molar-refractivity contribution in [3.05, 3.63) is 64.2 Å². The molecule has 150 valence electrons. The summed E-state index contributed by atoms with van der Waals surface area (Å²) < 4.78 is 11.3. The van der Waals surface area contributed by atoms with E-state index in [9.17, 15) is 10.1 Å². The minimum atomic E-state index is -0.559. The molecule has 1 heterocycles. The number of carbonyl (C=O) groups is 1. The molecule has 0 bridgehead atoms. The minimum absolute atomic E-state index is 0.00152. The number of benzene rings is 2. The van der Waals surface area contributed by atoms with E-state index in [1.54, 1.807) is 7.11 Å². The molecule has 0 radical (unpaired) electrons. The van der Waals surface area contributed by atoms with Gasteiger partial charge in [0, 0.05) is 5.69 Å². The van der Waals surface area contributed by atoms with Crippen molar-refractivity contribution >= 4 is 24.2 Å². The molecule has 2 aromatic rings. The average Bonchev–Trinajstić information content (AvgIpc) is 2.69. The summed E-state index contributed by atoms with van der Waals surface area (Å²) in [7, 11) is 1.57. The molecule has 1 aliphatic rings. The van der Waals surface area contributed by atoms with Crippen LogP contribution in [-0.4, -0.2) is 19.1 Å². The van der Waals surface area contributed by atoms with Gasteiger partial charge in [-0.05, 0) is 50.6 Å². The third kappa shape index (κ3) is 4.17. The number of nitrogens with zero attached hydrogens (tertiary/aromatic N) is 2. The van der Waals surface area contributed by atoms with E-state index >= 15 is 0 Å². The number of amides is 1. The molecule has 1 aliphatic heterocycles. The molecule has 3 rings (SSSR count). The summed E-state index contributed by atoms with van der Waals surface area (Å²) >= 11 is 4.52. The second kappa shape index (κ2) is 8.50. The number of nitriles is 1. The average molecular weight is 410 g/mol. The number of anilines is 1. The monoisotopic (exact) mass is 409 g/mol. The summed E-state index contributed by atoms with van der Waals surface area (Å²) in [5, 5.41) is 12.6. The highest BCUT2D eigenvalue weighted by Crippen LogP contribution is 2.38. The fourth-order valence-corrected chi connectivity index (χ4v) is 3.50. The normalized spacial score (nSPS) is 16.5. The maximum atomic E-state index is 12.5. The van der Waals surface area contributed by atoms with Crippen LogP contribution in [-0.2, 0) is 4.79 Å². The van der Waals surface area contributed by atoms with Gasteiger partial charge in [-0.15, -0.1) is 12.6 Å². The zero-order valence-electron chi connectivity index (χ0n) is 16.8. The van der Waals surface area contributed by atoms with Crippen molar-refractivity contribution < 1.29 is 14.3 Å². The van der Waals surface area contributed by atoms with Gasteiger partial charge in [0.1, 0.15) is 17.8 Å². The van der Waals surface area contributed by atoms with Crippen LogP contribution in [0.5, 0.6) is 11.5 Å². The molecule has 2 aromatic carbocycles. The van der Waals surface area contributed by atoms with Crippen molar-refractivity contribution in [3.8, 4) is 17.6 Å². The van der Waals surface area contributed by atoms with Crippen molar-refractivity contribution in [2.45, 2.75) is 33.0 Å². The Balaban J connectivity index is 2.11. The van der Waals surface area contributed by atoms with Crippen molar-refractivity contribution in [2.24, 2.45) is 0 Å². The van der Waals surface area contributed by atoms with Gasteiger partial charge in [0.15, 0.2) is 11.5 Å². The van der Waals surface area contributed by atoms with Gasteiger partial charge in [-0.3, -0.25) is 4.79 Å². The first-order valence-electron chi connectivity index (χ1n) is 9.20. The largest absolute Gasteiger partial charge is 0.493 e. The standard InChI is InChI=1S/C22H23N3O3S/c1-13(2)28-18-10-7-15(11-19(18)27-4)20-24-21(26)17(12-23)22(29)25(20)16-8-5-14(3)6-9-16/h5-11,13,20,29H,1-4H3,(H,24,26)/t20-/m0/s1. The van der Waals surface area contributed by atoms with Crippen LogP contribution < -0.4 is 19.7 Å². The van der Waals surface area contributed by atoms with Crippen LogP contribution in [0.15, 0.2) is 53.1 Å². The van der Waals surface area contributed by atoms with Crippen LogP contribution in [0.3, 0.4) is 0 Å². The second-order valence-electron chi connectivity index (χ2n) is 6.97. The smallest absolute Gasteiger partial charge is 0.266 e. The topological polar surface area (TPSA) is 74.6 Å². The van der Waals surface area contributed by atoms with E-state index in [1.807, 2.05) is 74.2 Å². The van der Waals surface area contributed by atoms with E-state index in [0.29, 0.717) is 16.5 Å². The van der Waals surface area contributed by atoms with Crippen LogP contribution in [0.4, 0.5) is 5.69 Å². The number of carbonyl (C=O) groups excluding carboxylic acids is 1. The van der Waals surface area contributed by atoms with Crippen LogP contribution in [0, 0.1) is 18.3 Å². The summed E-state index contributed by atoms with van der Waals surface area (Å²) in [4.78, 5) is 14.3. The number of nitrogens with one attached hydrogen (secondary N) is 1. The van der Waals surface area contributed by atoms with Gasteiger partial charge in [0.25, 0.3) is 5.91 Å². The number of hydrogen-bond acceptors (Lipinski definition) is 6. The Morgan fingerprint density at radius 2 is 1.86 bits per heavy atom. The molecule has 1 atom stereocenters. The molecule has 0 spiro atoms. The van der Waals surface area contributed by atoms with Gasteiger partial charge in [-0.25, -0.2) is 0 Å². The molecule has 29 heavy (non-hydrogen) atoms. The van der Waals surface area contributed by atoms with Gasteiger partial charge >= 0.3 is 0 Å². The highest BCUT2D eigenvalue weighted by molar-refractivity contribution is 7.84. The first kappa shape index (κ1) is 20.6. The zero-order chi connectivity index (χ0) is 21.1. The minimum Gasteiger partial charge on any atom is -0.493 e. The molecule has 6 nitrogen and oxygen atoms in total. The Labute approximate surface area is 176 Å². The predicted octanol–water partition coefficient (Wildman–Crippen LogP) is 4.09. The number of ether oxygens (including phenoxy) is 2. The molecular weight excluding hydrogens is 386 g/mol. The van der Waals surface area contributed by atoms with E-state index in [0.717, 1.165) is 16.8 Å². The second-order valence-corrected chi connectivity index (χ2v) is 7.39. The molecular formula is C22H23N3O3S. The first-order valence-corrected chi connectivity index (χ1v) is 9.65. The Hall–Kier alpha value is -3.11. The Morgan fingerprint density at radius 3 is 2.45 bits per heavy atom. The Kier molecular flexibility index (Phi) is 6.04. The molecule has 7 heteroatoms. The van der Waals surface area contributed by atoms with Crippen LogP contribution >= 0.6 is 12.6 Å². The maximum Gasteiger partial charge on any atom is 0.266 e. The first-order chi connectivity index (χ1) is 13.8. The van der Waals surface area contributed by atoms with E-state index in [4.69, 9.17) is 9.47 Å². The van der Waals surface area contributed by atoms with Gasteiger partial charge in [-0.2, -0.15) is 5.26 Å². The highest BCUT2D eigenvalue weighted by Gasteiger charge is 2.34. The molecule has 1 amide bonds. The summed E-state index contributed by atoms with van der Waals surface area (Å²) in [6.45, 7) is 5.88. The van der Waals surface area contributed by atoms with Crippen molar-refractivity contribution in [3.63, 3.8) is 0 Å². The molecule has 0 fully saturated rings. The molecule has 0 saturated carbocycles. The van der Waals surface area contributed by atoms with Crippen LogP contribution in [0.2, 0.25) is 0 Å². The van der Waals surface area contributed by atoms with Gasteiger partial charge < -0.3 is 19.7 Å². The lowest BCUT2D eigenvalue weighted by atomic mass is 10.1. The Morgan fingerprint density at radius 1 is 1.17 bits per heavy atom. The molecule has 0 unspecified atom stereocenters. The van der Waals surface area contributed by atoms with Gasteiger partial charge in [0.05, 0.1) is 18.2 Å². The van der Waals surface area contributed by atoms with Crippen molar-refractivity contribution in [2.75, 3.05) is 12.0 Å². The lowest BCUT2D eigenvalue weighted by molar-refractivity contribution is -0.118. The van der Waals surface area contributed by atoms with Gasteiger partial charge in [0.2, 0.25) is 0 Å². The molecule has 1 N–H and O–H groups in total. The number of rotatable bonds is 5. The summed E-state index contributed by atoms with van der Waals surface area (Å²) in [5.41, 5.74) is 2.65. The maximum absolute atomic E-state index is 12.5. The number of hydrogen-bond donors (Lipinski definition) is 2.